The van der Waals surface area contributed by atoms with Crippen molar-refractivity contribution in [2.45, 2.75) is 64.8 Å². The topological polar surface area (TPSA) is 113 Å². The van der Waals surface area contributed by atoms with Crippen LogP contribution in [-0.2, 0) is 11.3 Å². The Kier molecular flexibility index (Phi) is 13.5. The van der Waals surface area contributed by atoms with E-state index in [1.165, 1.54) is 5.56 Å². The number of nitrogens with one attached hydrogen (secondary N) is 2. The number of amides is 3. The van der Waals surface area contributed by atoms with Gasteiger partial charge in [-0.15, -0.1) is 0 Å². The summed E-state index contributed by atoms with van der Waals surface area (Å²) < 4.78 is 18.1. The molecule has 0 spiro atoms. The fraction of sp³-hybridized carbons (Fsp3) is 0.459. The van der Waals surface area contributed by atoms with Gasteiger partial charge in [0.25, 0.3) is 5.91 Å². The molecule has 3 aromatic rings. The number of ether oxygens (including phenoxy) is 3. The van der Waals surface area contributed by atoms with Crippen molar-refractivity contribution in [3.8, 4) is 11.5 Å². The van der Waals surface area contributed by atoms with E-state index in [-0.39, 0.29) is 30.6 Å². The van der Waals surface area contributed by atoms with E-state index in [1.54, 1.807) is 42.3 Å². The molecule has 1 aliphatic rings. The molecule has 3 amide bonds. The lowest BCUT2D eigenvalue weighted by molar-refractivity contribution is -0.0177. The van der Waals surface area contributed by atoms with Gasteiger partial charge in [0.2, 0.25) is 0 Å². The molecule has 0 saturated carbocycles. The Labute approximate surface area is 279 Å². The number of para-hydroxylation sites is 1. The lowest BCUT2D eigenvalue weighted by Gasteiger charge is -2.36. The molecule has 0 unspecified atom stereocenters. The number of methoxy groups -OCH3 is 1. The Morgan fingerprint density at radius 3 is 2.47 bits per heavy atom. The zero-order valence-corrected chi connectivity index (χ0v) is 28.3. The lowest BCUT2D eigenvalue weighted by Crippen LogP contribution is -2.47. The van der Waals surface area contributed by atoms with Gasteiger partial charge < -0.3 is 34.9 Å². The highest BCUT2D eigenvalue weighted by atomic mass is 16.5. The normalized spacial score (nSPS) is 20.0. The number of urea groups is 1. The van der Waals surface area contributed by atoms with Crippen LogP contribution in [-0.4, -0.2) is 85.6 Å². The number of likely N-dealkylation sites (N-methyl/N-ethyl adjacent to an activating group) is 1. The standard InChI is InChI=1S/C37H50N4O6/c1-26-22-41(27(2)25-42)36(43)33-21-31(39-37(44)38-30-12-7-6-8-13-30)16-19-34(33)47-28(3)11-9-10-20-46-35(26)24-40(4)23-29-14-17-32(45-5)18-15-29/h6-8,12-19,21,26-28,35,42H,9-11,20,22-25H2,1-5H3,(H2,38,39,44)/t26-,27+,28-,35-/m1/s1. The summed E-state index contributed by atoms with van der Waals surface area (Å²) in [6, 6.07) is 21.4. The van der Waals surface area contributed by atoms with Crippen LogP contribution >= 0.6 is 0 Å². The second-order valence-electron chi connectivity index (χ2n) is 12.5. The Balaban J connectivity index is 1.57. The number of hydrogen-bond acceptors (Lipinski definition) is 7. The van der Waals surface area contributed by atoms with E-state index in [0.717, 1.165) is 31.6 Å². The van der Waals surface area contributed by atoms with Crippen LogP contribution in [0, 0.1) is 5.92 Å². The molecule has 4 atom stereocenters. The Morgan fingerprint density at radius 1 is 1.04 bits per heavy atom. The van der Waals surface area contributed by atoms with Crippen LogP contribution in [0.2, 0.25) is 0 Å². The van der Waals surface area contributed by atoms with Crippen LogP contribution in [0.4, 0.5) is 16.2 Å². The second-order valence-corrected chi connectivity index (χ2v) is 12.5. The summed E-state index contributed by atoms with van der Waals surface area (Å²) in [5.41, 5.74) is 2.60. The molecule has 3 aromatic carbocycles. The zero-order valence-electron chi connectivity index (χ0n) is 28.3. The average molecular weight is 647 g/mol. The highest BCUT2D eigenvalue weighted by Crippen LogP contribution is 2.29. The number of carbonyl (C=O) groups excluding carboxylic acids is 2. The van der Waals surface area contributed by atoms with E-state index in [9.17, 15) is 14.7 Å². The van der Waals surface area contributed by atoms with Crippen LogP contribution in [0.25, 0.3) is 0 Å². The summed E-state index contributed by atoms with van der Waals surface area (Å²) in [4.78, 5) is 31.1. The SMILES string of the molecule is COc1ccc(CN(C)C[C@H]2OCCCC[C@@H](C)Oc3ccc(NC(=O)Nc4ccccc4)cc3C(=O)N([C@@H](C)CO)C[C@H]2C)cc1. The minimum atomic E-state index is -0.459. The first-order valence-electron chi connectivity index (χ1n) is 16.5. The number of aliphatic hydroxyl groups is 1. The van der Waals surface area contributed by atoms with Crippen molar-refractivity contribution < 1.29 is 28.9 Å². The molecule has 10 nitrogen and oxygen atoms in total. The largest absolute Gasteiger partial charge is 0.497 e. The molecule has 1 aliphatic heterocycles. The number of nitrogens with zero attached hydrogens (tertiary/aromatic N) is 2. The number of hydrogen-bond donors (Lipinski definition) is 3. The lowest BCUT2D eigenvalue weighted by atomic mass is 10.0. The molecule has 4 rings (SSSR count). The van der Waals surface area contributed by atoms with E-state index in [1.807, 2.05) is 44.2 Å². The predicted octanol–water partition coefficient (Wildman–Crippen LogP) is 6.27. The molecule has 0 aromatic heterocycles. The molecule has 10 heteroatoms. The summed E-state index contributed by atoms with van der Waals surface area (Å²) in [7, 11) is 3.73. The predicted molar refractivity (Wildman–Crippen MR) is 185 cm³/mol. The number of benzene rings is 3. The van der Waals surface area contributed by atoms with Crippen LogP contribution < -0.4 is 20.1 Å². The molecule has 0 aliphatic carbocycles. The van der Waals surface area contributed by atoms with Crippen LogP contribution in [0.15, 0.2) is 72.8 Å². The first kappa shape index (κ1) is 35.7. The van der Waals surface area contributed by atoms with Gasteiger partial charge in [0.15, 0.2) is 0 Å². The fourth-order valence-electron chi connectivity index (χ4n) is 5.69. The van der Waals surface area contributed by atoms with Crippen molar-refractivity contribution in [3.05, 3.63) is 83.9 Å². The smallest absolute Gasteiger partial charge is 0.323 e. The van der Waals surface area contributed by atoms with Crippen molar-refractivity contribution in [3.63, 3.8) is 0 Å². The molecule has 3 N–H and O–H groups in total. The van der Waals surface area contributed by atoms with E-state index in [4.69, 9.17) is 14.2 Å². The van der Waals surface area contributed by atoms with Gasteiger partial charge in [-0.3, -0.25) is 9.69 Å². The van der Waals surface area contributed by atoms with Gasteiger partial charge in [-0.2, -0.15) is 0 Å². The first-order valence-corrected chi connectivity index (χ1v) is 16.5. The summed E-state index contributed by atoms with van der Waals surface area (Å²) >= 11 is 0. The monoisotopic (exact) mass is 646 g/mol. The highest BCUT2D eigenvalue weighted by molar-refractivity contribution is 6.02. The molecule has 0 fully saturated rings. The summed E-state index contributed by atoms with van der Waals surface area (Å²) in [6.07, 6.45) is 2.32. The Morgan fingerprint density at radius 2 is 1.77 bits per heavy atom. The molecular weight excluding hydrogens is 596 g/mol. The van der Waals surface area contributed by atoms with Crippen molar-refractivity contribution in [2.24, 2.45) is 5.92 Å². The number of aliphatic hydroxyl groups excluding tert-OH is 1. The van der Waals surface area contributed by atoms with Gasteiger partial charge in [0.1, 0.15) is 11.5 Å². The van der Waals surface area contributed by atoms with Gasteiger partial charge in [0.05, 0.1) is 37.5 Å². The van der Waals surface area contributed by atoms with Crippen LogP contribution in [0.5, 0.6) is 11.5 Å². The third kappa shape index (κ3) is 10.7. The van der Waals surface area contributed by atoms with Crippen molar-refractivity contribution in [1.82, 2.24) is 9.80 Å². The molecular formula is C37H50N4O6. The quantitative estimate of drug-likeness (QED) is 0.251. The van der Waals surface area contributed by atoms with Gasteiger partial charge in [0, 0.05) is 43.5 Å². The van der Waals surface area contributed by atoms with E-state index in [0.29, 0.717) is 42.4 Å². The summed E-state index contributed by atoms with van der Waals surface area (Å²) in [6.45, 7) is 8.09. The Bertz CT molecular complexity index is 1420. The maximum absolute atomic E-state index is 14.4. The third-order valence-electron chi connectivity index (χ3n) is 8.44. The van der Waals surface area contributed by atoms with Gasteiger partial charge in [-0.1, -0.05) is 37.3 Å². The van der Waals surface area contributed by atoms with Gasteiger partial charge >= 0.3 is 6.03 Å². The number of rotatable bonds is 9. The van der Waals surface area contributed by atoms with E-state index < -0.39 is 12.1 Å². The summed E-state index contributed by atoms with van der Waals surface area (Å²) in [5.74, 6) is 0.941. The number of anilines is 2. The van der Waals surface area contributed by atoms with Crippen molar-refractivity contribution >= 4 is 23.3 Å². The third-order valence-corrected chi connectivity index (χ3v) is 8.44. The van der Waals surface area contributed by atoms with Gasteiger partial charge in [-0.25, -0.2) is 4.79 Å². The fourth-order valence-corrected chi connectivity index (χ4v) is 5.69. The number of carbonyl (C=O) groups is 2. The van der Waals surface area contributed by atoms with Crippen molar-refractivity contribution in [1.29, 1.82) is 0 Å². The zero-order chi connectivity index (χ0) is 33.8. The second kappa shape index (κ2) is 17.7. The van der Waals surface area contributed by atoms with E-state index in [2.05, 4.69) is 41.6 Å². The minimum absolute atomic E-state index is 0.0459. The average Bonchev–Trinajstić information content (AvgIpc) is 3.06. The Hall–Kier alpha value is -4.12. The maximum Gasteiger partial charge on any atom is 0.323 e. The van der Waals surface area contributed by atoms with Crippen molar-refractivity contribution in [2.75, 3.05) is 51.1 Å². The molecule has 0 radical (unpaired) electrons. The summed E-state index contributed by atoms with van der Waals surface area (Å²) in [5, 5.41) is 15.9. The van der Waals surface area contributed by atoms with Crippen LogP contribution in [0.3, 0.4) is 0 Å². The minimum Gasteiger partial charge on any atom is -0.497 e. The molecule has 47 heavy (non-hydrogen) atoms. The van der Waals surface area contributed by atoms with E-state index >= 15 is 0 Å². The van der Waals surface area contributed by atoms with Gasteiger partial charge in [-0.05, 0) is 88.2 Å². The number of fused-ring (bicyclic) bond motifs is 1. The maximum atomic E-state index is 14.4. The molecule has 1 heterocycles. The first-order chi connectivity index (χ1) is 22.7. The molecule has 254 valence electrons. The van der Waals surface area contributed by atoms with Crippen LogP contribution in [0.1, 0.15) is 56.0 Å². The highest BCUT2D eigenvalue weighted by Gasteiger charge is 2.30. The molecule has 0 saturated heterocycles. The molecule has 0 bridgehead atoms.